The molecule has 186 valence electrons. The fourth-order valence-electron chi connectivity index (χ4n) is 5.53. The Kier molecular flexibility index (Phi) is 6.31. The second-order valence-corrected chi connectivity index (χ2v) is 12.1. The van der Waals surface area contributed by atoms with Crippen LogP contribution in [-0.2, 0) is 26.6 Å². The van der Waals surface area contributed by atoms with E-state index in [1.54, 1.807) is 18.2 Å². The molecule has 0 radical (unpaired) electrons. The molecule has 0 spiro atoms. The van der Waals surface area contributed by atoms with E-state index in [0.717, 1.165) is 36.8 Å². The maximum Gasteiger partial charge on any atom is 0.324 e. The number of carbonyl (C=O) groups excluding carboxylic acids is 2. The van der Waals surface area contributed by atoms with Crippen LogP contribution < -0.4 is 10.1 Å². The van der Waals surface area contributed by atoms with Crippen molar-refractivity contribution < 1.29 is 22.7 Å². The molecule has 35 heavy (non-hydrogen) atoms. The van der Waals surface area contributed by atoms with Gasteiger partial charge in [0.05, 0.1) is 16.8 Å². The highest BCUT2D eigenvalue weighted by molar-refractivity contribution is 7.91. The molecule has 1 N–H and O–H groups in total. The Morgan fingerprint density at radius 1 is 1.06 bits per heavy atom. The first kappa shape index (κ1) is 23.8. The number of imide groups is 1. The zero-order valence-corrected chi connectivity index (χ0v) is 20.7. The third-order valence-electron chi connectivity index (χ3n) is 7.19. The first-order valence-corrected chi connectivity index (χ1v) is 13.7. The molecule has 0 bridgehead atoms. The monoisotopic (exact) mass is 497 g/mol. The predicted octanol–water partition coefficient (Wildman–Crippen LogP) is 2.72. The molecule has 1 saturated carbocycles. The Bertz CT molecular complexity index is 1220. The highest BCUT2D eigenvalue weighted by atomic mass is 32.2. The van der Waals surface area contributed by atoms with Gasteiger partial charge in [-0.25, -0.2) is 13.2 Å². The second kappa shape index (κ2) is 9.28. The minimum absolute atomic E-state index is 0.0135. The molecular weight excluding hydrogens is 466 g/mol. The van der Waals surface area contributed by atoms with Crippen molar-refractivity contribution >= 4 is 21.8 Å². The summed E-state index contributed by atoms with van der Waals surface area (Å²) in [7, 11) is -1.57. The Labute approximate surface area is 206 Å². The molecule has 0 unspecified atom stereocenters. The summed E-state index contributed by atoms with van der Waals surface area (Å²) in [6.45, 7) is 1.67. The zero-order valence-electron chi connectivity index (χ0n) is 19.9. The van der Waals surface area contributed by atoms with E-state index >= 15 is 0 Å². The van der Waals surface area contributed by atoms with Crippen LogP contribution in [0, 0.1) is 0 Å². The first-order chi connectivity index (χ1) is 16.7. The average Bonchev–Trinajstić information content (AvgIpc) is 3.42. The van der Waals surface area contributed by atoms with E-state index < -0.39 is 15.3 Å². The lowest BCUT2D eigenvalue weighted by Crippen LogP contribution is -2.60. The van der Waals surface area contributed by atoms with Crippen molar-refractivity contribution in [2.45, 2.75) is 48.6 Å². The van der Waals surface area contributed by atoms with Gasteiger partial charge in [0.2, 0.25) is 5.91 Å². The third-order valence-corrected chi connectivity index (χ3v) is 9.09. The molecule has 2 heterocycles. The van der Waals surface area contributed by atoms with Crippen LogP contribution in [0.2, 0.25) is 0 Å². The first-order valence-electron chi connectivity index (χ1n) is 12.1. The Morgan fingerprint density at radius 2 is 1.77 bits per heavy atom. The van der Waals surface area contributed by atoms with Crippen molar-refractivity contribution in [3.8, 4) is 5.75 Å². The number of nitrogens with one attached hydrogen (secondary N) is 1. The lowest BCUT2D eigenvalue weighted by molar-refractivity contribution is -0.118. The topological polar surface area (TPSA) is 96.0 Å². The largest absolute Gasteiger partial charge is 0.490 e. The molecule has 0 atom stereocenters. The van der Waals surface area contributed by atoms with Crippen molar-refractivity contribution in [1.82, 2.24) is 15.1 Å². The number of likely N-dealkylation sites (tertiary alicyclic amines) is 1. The van der Waals surface area contributed by atoms with Crippen LogP contribution in [0.5, 0.6) is 5.75 Å². The molecule has 0 aromatic heterocycles. The summed E-state index contributed by atoms with van der Waals surface area (Å²) in [5.74, 6) is 0.331. The number of likely N-dealkylation sites (N-methyl/N-ethyl adjacent to an activating group) is 1. The van der Waals surface area contributed by atoms with Crippen LogP contribution >= 0.6 is 0 Å². The number of urea groups is 1. The van der Waals surface area contributed by atoms with Crippen molar-refractivity contribution in [2.24, 2.45) is 0 Å². The highest BCUT2D eigenvalue weighted by Crippen LogP contribution is 2.37. The molecule has 2 aliphatic heterocycles. The number of carbonyl (C=O) groups is 2. The van der Waals surface area contributed by atoms with Crippen LogP contribution in [0.1, 0.15) is 36.8 Å². The van der Waals surface area contributed by atoms with Gasteiger partial charge >= 0.3 is 6.03 Å². The van der Waals surface area contributed by atoms with E-state index in [4.69, 9.17) is 4.74 Å². The van der Waals surface area contributed by atoms with Gasteiger partial charge < -0.3 is 14.5 Å². The standard InChI is InChI=1S/C26H31N3O5S/c1-28-16-26(17-28,20-11-9-19(10-12-20)14-29-15-24(30)27-25(29)31)18-35(32,33)23-8-4-7-22(13-23)34-21-5-2-3-6-21/h4,7-13,21H,2-3,5-6,14-18H2,1H3,(H,27,30,31). The van der Waals surface area contributed by atoms with Crippen LogP contribution in [0.4, 0.5) is 4.79 Å². The Morgan fingerprint density at radius 3 is 2.40 bits per heavy atom. The molecule has 3 amide bonds. The van der Waals surface area contributed by atoms with Gasteiger partial charge in [-0.3, -0.25) is 10.1 Å². The predicted molar refractivity (Wildman–Crippen MR) is 131 cm³/mol. The molecular formula is C26H31N3O5S. The molecule has 3 fully saturated rings. The van der Waals surface area contributed by atoms with E-state index in [1.807, 2.05) is 37.4 Å². The number of rotatable bonds is 8. The fourth-order valence-corrected chi connectivity index (χ4v) is 7.35. The van der Waals surface area contributed by atoms with Crippen LogP contribution in [-0.4, -0.2) is 68.7 Å². The zero-order chi connectivity index (χ0) is 24.6. The average molecular weight is 498 g/mol. The Hall–Kier alpha value is -2.91. The number of benzene rings is 2. The van der Waals surface area contributed by atoms with E-state index in [0.29, 0.717) is 30.3 Å². The lowest BCUT2D eigenvalue weighted by Gasteiger charge is -2.49. The number of nitrogens with zero attached hydrogens (tertiary/aromatic N) is 2. The van der Waals surface area contributed by atoms with E-state index in [1.165, 1.54) is 4.90 Å². The summed E-state index contributed by atoms with van der Waals surface area (Å²) < 4.78 is 33.1. The third kappa shape index (κ3) is 5.06. The van der Waals surface area contributed by atoms with Crippen LogP contribution in [0.25, 0.3) is 0 Å². The van der Waals surface area contributed by atoms with E-state index in [2.05, 4.69) is 10.2 Å². The molecule has 1 aliphatic carbocycles. The summed E-state index contributed by atoms with van der Waals surface area (Å²) in [5, 5.41) is 2.28. The summed E-state index contributed by atoms with van der Waals surface area (Å²) in [6.07, 6.45) is 4.51. The minimum atomic E-state index is -3.55. The normalized spacial score (nSPS) is 20.7. The van der Waals surface area contributed by atoms with Gasteiger partial charge in [-0.05, 0) is 62.1 Å². The van der Waals surface area contributed by atoms with Crippen LogP contribution in [0.3, 0.4) is 0 Å². The van der Waals surface area contributed by atoms with Crippen molar-refractivity contribution in [3.63, 3.8) is 0 Å². The van der Waals surface area contributed by atoms with Gasteiger partial charge in [-0.2, -0.15) is 0 Å². The van der Waals surface area contributed by atoms with E-state index in [-0.39, 0.29) is 30.3 Å². The van der Waals surface area contributed by atoms with E-state index in [9.17, 15) is 18.0 Å². The molecule has 3 aliphatic rings. The van der Waals surface area contributed by atoms with Crippen LogP contribution in [0.15, 0.2) is 53.4 Å². The summed E-state index contributed by atoms with van der Waals surface area (Å²) in [5.41, 5.74) is 1.35. The maximum atomic E-state index is 13.5. The quantitative estimate of drug-likeness (QED) is 0.564. The molecule has 9 heteroatoms. The van der Waals surface area contributed by atoms with Gasteiger partial charge in [0.25, 0.3) is 0 Å². The van der Waals surface area contributed by atoms with Gasteiger partial charge in [0.1, 0.15) is 12.3 Å². The molecule has 2 saturated heterocycles. The highest BCUT2D eigenvalue weighted by Gasteiger charge is 2.46. The number of amides is 3. The van der Waals surface area contributed by atoms with Crippen molar-refractivity contribution in [2.75, 3.05) is 32.4 Å². The van der Waals surface area contributed by atoms with Crippen molar-refractivity contribution in [1.29, 1.82) is 0 Å². The lowest BCUT2D eigenvalue weighted by atomic mass is 9.75. The van der Waals surface area contributed by atoms with Crippen molar-refractivity contribution in [3.05, 3.63) is 59.7 Å². The van der Waals surface area contributed by atoms with Gasteiger partial charge in [-0.1, -0.05) is 30.3 Å². The molecule has 2 aromatic carbocycles. The number of hydrogen-bond donors (Lipinski definition) is 1. The summed E-state index contributed by atoms with van der Waals surface area (Å²) in [6, 6.07) is 14.2. The van der Waals surface area contributed by atoms with Gasteiger partial charge in [0, 0.05) is 25.0 Å². The number of sulfone groups is 1. The fraction of sp³-hybridized carbons (Fsp3) is 0.462. The second-order valence-electron chi connectivity index (χ2n) is 10.1. The molecule has 2 aromatic rings. The minimum Gasteiger partial charge on any atom is -0.490 e. The number of hydrogen-bond acceptors (Lipinski definition) is 6. The maximum absolute atomic E-state index is 13.5. The van der Waals surface area contributed by atoms with Gasteiger partial charge in [-0.15, -0.1) is 0 Å². The van der Waals surface area contributed by atoms with Gasteiger partial charge in [0.15, 0.2) is 9.84 Å². The SMILES string of the molecule is CN1CC(CS(=O)(=O)c2cccc(OC3CCCC3)c2)(c2ccc(CN3CC(=O)NC3=O)cc2)C1. The smallest absolute Gasteiger partial charge is 0.324 e. The summed E-state index contributed by atoms with van der Waals surface area (Å²) in [4.78, 5) is 27.1. The Balaban J connectivity index is 1.32. The molecule has 8 nitrogen and oxygen atoms in total. The summed E-state index contributed by atoms with van der Waals surface area (Å²) >= 11 is 0. The number of ether oxygens (including phenoxy) is 1. The molecule has 5 rings (SSSR count).